The van der Waals surface area contributed by atoms with Gasteiger partial charge in [0.15, 0.2) is 0 Å². The number of hydrogen-bond donors (Lipinski definition) is 1. The van der Waals surface area contributed by atoms with Crippen LogP contribution in [-0.4, -0.2) is 30.5 Å². The average Bonchev–Trinajstić information content (AvgIpc) is 3.40. The normalized spacial score (nSPS) is 13.8. The van der Waals surface area contributed by atoms with E-state index >= 15 is 0 Å². The van der Waals surface area contributed by atoms with E-state index in [-0.39, 0.29) is 5.91 Å². The molecule has 3 rings (SSSR count). The van der Waals surface area contributed by atoms with Crippen LogP contribution in [-0.2, 0) is 11.3 Å². The standard InChI is InChI=1S/C19H22N2O2/c1-23-18-10-6-5-7-15(18)13-21(17-11-12-17)14-19(22)20-16-8-3-2-4-9-16/h2-10,17H,11-14H2,1H3,(H,20,22). The first-order valence-electron chi connectivity index (χ1n) is 7.97. The summed E-state index contributed by atoms with van der Waals surface area (Å²) in [5.74, 6) is 0.902. The summed E-state index contributed by atoms with van der Waals surface area (Å²) in [6.45, 7) is 1.13. The SMILES string of the molecule is COc1ccccc1CN(CC(=O)Nc1ccccc1)C1CC1. The van der Waals surface area contributed by atoms with Gasteiger partial charge in [-0.1, -0.05) is 36.4 Å². The van der Waals surface area contributed by atoms with E-state index in [1.165, 1.54) is 0 Å². The van der Waals surface area contributed by atoms with E-state index in [0.29, 0.717) is 12.6 Å². The van der Waals surface area contributed by atoms with Crippen molar-refractivity contribution in [3.63, 3.8) is 0 Å². The summed E-state index contributed by atoms with van der Waals surface area (Å²) in [6.07, 6.45) is 2.32. The van der Waals surface area contributed by atoms with E-state index in [2.05, 4.69) is 16.3 Å². The van der Waals surface area contributed by atoms with Crippen LogP contribution in [0.15, 0.2) is 54.6 Å². The van der Waals surface area contributed by atoms with Gasteiger partial charge in [0, 0.05) is 23.8 Å². The zero-order valence-electron chi connectivity index (χ0n) is 13.4. The molecule has 23 heavy (non-hydrogen) atoms. The third-order valence-electron chi connectivity index (χ3n) is 4.03. The van der Waals surface area contributed by atoms with Gasteiger partial charge in [-0.2, -0.15) is 0 Å². The number of methoxy groups -OCH3 is 1. The Morgan fingerprint density at radius 1 is 1.13 bits per heavy atom. The van der Waals surface area contributed by atoms with E-state index in [9.17, 15) is 4.79 Å². The number of nitrogens with one attached hydrogen (secondary N) is 1. The third kappa shape index (κ3) is 4.33. The molecule has 0 heterocycles. The maximum absolute atomic E-state index is 12.3. The first-order valence-corrected chi connectivity index (χ1v) is 7.97. The summed E-state index contributed by atoms with van der Waals surface area (Å²) in [5, 5.41) is 2.96. The highest BCUT2D eigenvalue weighted by molar-refractivity contribution is 5.92. The van der Waals surface area contributed by atoms with Crippen molar-refractivity contribution in [1.82, 2.24) is 4.90 Å². The van der Waals surface area contributed by atoms with Crippen molar-refractivity contribution in [2.24, 2.45) is 0 Å². The lowest BCUT2D eigenvalue weighted by atomic mass is 10.2. The lowest BCUT2D eigenvalue weighted by molar-refractivity contribution is -0.117. The van der Waals surface area contributed by atoms with Crippen molar-refractivity contribution >= 4 is 11.6 Å². The van der Waals surface area contributed by atoms with Gasteiger partial charge in [-0.15, -0.1) is 0 Å². The van der Waals surface area contributed by atoms with Crippen LogP contribution in [0.1, 0.15) is 18.4 Å². The zero-order chi connectivity index (χ0) is 16.1. The van der Waals surface area contributed by atoms with Crippen LogP contribution < -0.4 is 10.1 Å². The highest BCUT2D eigenvalue weighted by Gasteiger charge is 2.30. The van der Waals surface area contributed by atoms with E-state index in [1.54, 1.807) is 7.11 Å². The molecule has 1 amide bonds. The quantitative estimate of drug-likeness (QED) is 0.853. The number of nitrogens with zero attached hydrogens (tertiary/aromatic N) is 1. The third-order valence-corrected chi connectivity index (χ3v) is 4.03. The molecule has 1 N–H and O–H groups in total. The van der Waals surface area contributed by atoms with Crippen molar-refractivity contribution in [1.29, 1.82) is 0 Å². The average molecular weight is 310 g/mol. The first-order chi connectivity index (χ1) is 11.3. The molecule has 1 fully saturated rings. The molecule has 0 bridgehead atoms. The molecule has 120 valence electrons. The zero-order valence-corrected chi connectivity index (χ0v) is 13.4. The van der Waals surface area contributed by atoms with Crippen LogP contribution in [0.4, 0.5) is 5.69 Å². The highest BCUT2D eigenvalue weighted by atomic mass is 16.5. The number of anilines is 1. The maximum Gasteiger partial charge on any atom is 0.238 e. The molecule has 0 aromatic heterocycles. The number of ether oxygens (including phenoxy) is 1. The van der Waals surface area contributed by atoms with Crippen LogP contribution >= 0.6 is 0 Å². The van der Waals surface area contributed by atoms with Crippen molar-refractivity contribution in [2.45, 2.75) is 25.4 Å². The Balaban J connectivity index is 1.64. The molecule has 0 unspecified atom stereocenters. The van der Waals surface area contributed by atoms with Gasteiger partial charge in [0.05, 0.1) is 13.7 Å². The summed E-state index contributed by atoms with van der Waals surface area (Å²) >= 11 is 0. The number of para-hydroxylation sites is 2. The van der Waals surface area contributed by atoms with Crippen LogP contribution in [0.3, 0.4) is 0 Å². The molecule has 1 aliphatic carbocycles. The molecule has 0 radical (unpaired) electrons. The van der Waals surface area contributed by atoms with Gasteiger partial charge < -0.3 is 10.1 Å². The smallest absolute Gasteiger partial charge is 0.238 e. The predicted octanol–water partition coefficient (Wildman–Crippen LogP) is 3.30. The van der Waals surface area contributed by atoms with Crippen molar-refractivity contribution < 1.29 is 9.53 Å². The molecule has 1 aliphatic rings. The van der Waals surface area contributed by atoms with E-state index in [4.69, 9.17) is 4.74 Å². The predicted molar refractivity (Wildman–Crippen MR) is 91.5 cm³/mol. The van der Waals surface area contributed by atoms with Crippen LogP contribution in [0.5, 0.6) is 5.75 Å². The van der Waals surface area contributed by atoms with Gasteiger partial charge >= 0.3 is 0 Å². The van der Waals surface area contributed by atoms with Gasteiger partial charge in [0.25, 0.3) is 0 Å². The van der Waals surface area contributed by atoms with Crippen molar-refractivity contribution in [2.75, 3.05) is 19.0 Å². The molecule has 4 heteroatoms. The molecule has 2 aromatic rings. The van der Waals surface area contributed by atoms with E-state index in [0.717, 1.165) is 36.4 Å². The number of carbonyl (C=O) groups excluding carboxylic acids is 1. The lowest BCUT2D eigenvalue weighted by Crippen LogP contribution is -2.34. The Morgan fingerprint density at radius 3 is 2.52 bits per heavy atom. The molecule has 0 aliphatic heterocycles. The summed E-state index contributed by atoms with van der Waals surface area (Å²) in [4.78, 5) is 14.5. The van der Waals surface area contributed by atoms with Crippen molar-refractivity contribution in [3.05, 3.63) is 60.2 Å². The van der Waals surface area contributed by atoms with Crippen LogP contribution in [0.25, 0.3) is 0 Å². The highest BCUT2D eigenvalue weighted by Crippen LogP contribution is 2.30. The summed E-state index contributed by atoms with van der Waals surface area (Å²) in [6, 6.07) is 18.1. The number of hydrogen-bond acceptors (Lipinski definition) is 3. The van der Waals surface area contributed by atoms with Gasteiger partial charge in [-0.05, 0) is 31.0 Å². The molecular formula is C19H22N2O2. The summed E-state index contributed by atoms with van der Waals surface area (Å²) in [5.41, 5.74) is 1.96. The number of rotatable bonds is 7. The minimum absolute atomic E-state index is 0.0259. The second kappa shape index (κ2) is 7.29. The second-order valence-electron chi connectivity index (χ2n) is 5.86. The van der Waals surface area contributed by atoms with E-state index < -0.39 is 0 Å². The molecule has 0 spiro atoms. The van der Waals surface area contributed by atoms with Crippen LogP contribution in [0.2, 0.25) is 0 Å². The fourth-order valence-corrected chi connectivity index (χ4v) is 2.71. The Hall–Kier alpha value is -2.33. The Morgan fingerprint density at radius 2 is 1.83 bits per heavy atom. The van der Waals surface area contributed by atoms with Crippen molar-refractivity contribution in [3.8, 4) is 5.75 Å². The largest absolute Gasteiger partial charge is 0.496 e. The van der Waals surface area contributed by atoms with Crippen LogP contribution in [0, 0.1) is 0 Å². The lowest BCUT2D eigenvalue weighted by Gasteiger charge is -2.22. The summed E-state index contributed by atoms with van der Waals surface area (Å²) in [7, 11) is 1.68. The van der Waals surface area contributed by atoms with Gasteiger partial charge in [0.1, 0.15) is 5.75 Å². The fraction of sp³-hybridized carbons (Fsp3) is 0.316. The Labute approximate surface area is 137 Å². The topological polar surface area (TPSA) is 41.6 Å². The van der Waals surface area contributed by atoms with Gasteiger partial charge in [0.2, 0.25) is 5.91 Å². The van der Waals surface area contributed by atoms with Gasteiger partial charge in [-0.3, -0.25) is 9.69 Å². The molecule has 4 nitrogen and oxygen atoms in total. The number of amides is 1. The monoisotopic (exact) mass is 310 g/mol. The maximum atomic E-state index is 12.3. The fourth-order valence-electron chi connectivity index (χ4n) is 2.71. The first kappa shape index (κ1) is 15.6. The molecular weight excluding hydrogens is 288 g/mol. The molecule has 0 saturated heterocycles. The number of benzene rings is 2. The molecule has 0 atom stereocenters. The van der Waals surface area contributed by atoms with Gasteiger partial charge in [-0.25, -0.2) is 0 Å². The molecule has 2 aromatic carbocycles. The minimum Gasteiger partial charge on any atom is -0.496 e. The Bertz CT molecular complexity index is 653. The molecule has 1 saturated carbocycles. The second-order valence-corrected chi connectivity index (χ2v) is 5.86. The Kier molecular flexibility index (Phi) is 4.93. The minimum atomic E-state index is 0.0259. The summed E-state index contributed by atoms with van der Waals surface area (Å²) < 4.78 is 5.42. The number of carbonyl (C=O) groups is 1. The van der Waals surface area contributed by atoms with E-state index in [1.807, 2.05) is 48.5 Å².